The summed E-state index contributed by atoms with van der Waals surface area (Å²) >= 11 is 3.33. The van der Waals surface area contributed by atoms with E-state index in [1.807, 2.05) is 29.2 Å². The molecule has 1 atom stereocenters. The van der Waals surface area contributed by atoms with Gasteiger partial charge < -0.3 is 10.4 Å². The fourth-order valence-corrected chi connectivity index (χ4v) is 2.60. The van der Waals surface area contributed by atoms with Gasteiger partial charge in [0.2, 0.25) is 5.91 Å². The number of carbonyl (C=O) groups is 2. The number of carboxylic acids is 1. The number of benzene rings is 1. The van der Waals surface area contributed by atoms with Crippen LogP contribution in [-0.4, -0.2) is 41.5 Å². The van der Waals surface area contributed by atoms with Crippen LogP contribution in [0, 0.1) is 5.92 Å². The number of halogens is 1. The van der Waals surface area contributed by atoms with Crippen molar-refractivity contribution in [3.05, 3.63) is 28.7 Å². The van der Waals surface area contributed by atoms with E-state index in [-0.39, 0.29) is 18.4 Å². The summed E-state index contributed by atoms with van der Waals surface area (Å²) in [7, 11) is 0. The quantitative estimate of drug-likeness (QED) is 0.881. The molecule has 2 N–H and O–H groups in total. The van der Waals surface area contributed by atoms with Crippen molar-refractivity contribution in [3.8, 4) is 0 Å². The Morgan fingerprint density at radius 1 is 1.35 bits per heavy atom. The fraction of sp³-hybridized carbons (Fsp3) is 0.429. The summed E-state index contributed by atoms with van der Waals surface area (Å²) in [6.45, 7) is 1.46. The van der Waals surface area contributed by atoms with E-state index in [1.54, 1.807) is 0 Å². The van der Waals surface area contributed by atoms with Crippen LogP contribution in [0.2, 0.25) is 0 Å². The molecule has 5 nitrogen and oxygen atoms in total. The molecular formula is C14H17BrN2O3. The maximum Gasteiger partial charge on any atom is 0.307 e. The average molecular weight is 341 g/mol. The van der Waals surface area contributed by atoms with Crippen molar-refractivity contribution in [2.45, 2.75) is 12.8 Å². The third-order valence-electron chi connectivity index (χ3n) is 3.35. The van der Waals surface area contributed by atoms with Crippen molar-refractivity contribution >= 4 is 33.5 Å². The Hall–Kier alpha value is -1.40. The maximum absolute atomic E-state index is 11.9. The van der Waals surface area contributed by atoms with E-state index in [0.717, 1.165) is 23.1 Å². The molecule has 0 aromatic heterocycles. The highest BCUT2D eigenvalue weighted by Gasteiger charge is 2.26. The number of carboxylic acid groups (broad SMARTS) is 1. The van der Waals surface area contributed by atoms with Gasteiger partial charge in [0.25, 0.3) is 0 Å². The zero-order chi connectivity index (χ0) is 14.5. The van der Waals surface area contributed by atoms with Gasteiger partial charge in [-0.2, -0.15) is 0 Å². The van der Waals surface area contributed by atoms with Gasteiger partial charge in [-0.1, -0.05) is 15.9 Å². The molecule has 2 rings (SSSR count). The molecule has 0 radical (unpaired) electrons. The van der Waals surface area contributed by atoms with E-state index in [4.69, 9.17) is 5.11 Å². The molecular weight excluding hydrogens is 324 g/mol. The molecule has 6 heteroatoms. The number of carbonyl (C=O) groups excluding carboxylic acids is 1. The second kappa shape index (κ2) is 6.85. The Kier molecular flexibility index (Phi) is 5.14. The minimum atomic E-state index is -0.775. The number of rotatable bonds is 4. The highest BCUT2D eigenvalue weighted by atomic mass is 79.9. The molecule has 1 aliphatic rings. The van der Waals surface area contributed by atoms with Crippen LogP contribution < -0.4 is 5.32 Å². The first kappa shape index (κ1) is 15.0. The maximum atomic E-state index is 11.9. The number of aliphatic carboxylic acids is 1. The monoisotopic (exact) mass is 340 g/mol. The summed E-state index contributed by atoms with van der Waals surface area (Å²) in [6.07, 6.45) is 1.52. The zero-order valence-corrected chi connectivity index (χ0v) is 12.6. The highest BCUT2D eigenvalue weighted by Crippen LogP contribution is 2.17. The number of hydrogen-bond donors (Lipinski definition) is 2. The lowest BCUT2D eigenvalue weighted by Crippen LogP contribution is -2.42. The van der Waals surface area contributed by atoms with E-state index >= 15 is 0 Å². The first-order valence-corrected chi connectivity index (χ1v) is 7.34. The van der Waals surface area contributed by atoms with Gasteiger partial charge in [0.1, 0.15) is 0 Å². The first-order chi connectivity index (χ1) is 9.54. The van der Waals surface area contributed by atoms with Gasteiger partial charge in [0.15, 0.2) is 0 Å². The standard InChI is InChI=1S/C14H17BrN2O3/c15-11-3-5-12(6-4-11)16-13(18)9-17-7-1-2-10(8-17)14(19)20/h3-6,10H,1-2,7-9H2,(H,16,18)(H,19,20). The van der Waals surface area contributed by atoms with Gasteiger partial charge in [0, 0.05) is 16.7 Å². The molecule has 0 saturated carbocycles. The van der Waals surface area contributed by atoms with Gasteiger partial charge in [-0.15, -0.1) is 0 Å². The minimum absolute atomic E-state index is 0.113. The van der Waals surface area contributed by atoms with Crippen molar-refractivity contribution in [1.29, 1.82) is 0 Å². The van der Waals surface area contributed by atoms with Crippen LogP contribution in [0.5, 0.6) is 0 Å². The second-order valence-corrected chi connectivity index (χ2v) is 5.88. The van der Waals surface area contributed by atoms with Crippen LogP contribution >= 0.6 is 15.9 Å². The molecule has 1 heterocycles. The number of amides is 1. The minimum Gasteiger partial charge on any atom is -0.481 e. The number of piperidine rings is 1. The topological polar surface area (TPSA) is 69.6 Å². The summed E-state index contributed by atoms with van der Waals surface area (Å²) in [5.41, 5.74) is 0.741. The number of nitrogens with zero attached hydrogens (tertiary/aromatic N) is 1. The van der Waals surface area contributed by atoms with Gasteiger partial charge in [-0.05, 0) is 43.7 Å². The van der Waals surface area contributed by atoms with Crippen LogP contribution in [0.3, 0.4) is 0 Å². The predicted molar refractivity (Wildman–Crippen MR) is 79.6 cm³/mol. The molecule has 108 valence electrons. The average Bonchev–Trinajstić information content (AvgIpc) is 2.41. The fourth-order valence-electron chi connectivity index (χ4n) is 2.34. The molecule has 20 heavy (non-hydrogen) atoms. The molecule has 0 spiro atoms. The lowest BCUT2D eigenvalue weighted by molar-refractivity contribution is -0.144. The second-order valence-electron chi connectivity index (χ2n) is 4.97. The van der Waals surface area contributed by atoms with Gasteiger partial charge >= 0.3 is 5.97 Å². The number of nitrogens with one attached hydrogen (secondary N) is 1. The molecule has 1 saturated heterocycles. The van der Waals surface area contributed by atoms with E-state index in [2.05, 4.69) is 21.2 Å². The lowest BCUT2D eigenvalue weighted by Gasteiger charge is -2.29. The van der Waals surface area contributed by atoms with Crippen LogP contribution in [0.15, 0.2) is 28.7 Å². The van der Waals surface area contributed by atoms with E-state index in [0.29, 0.717) is 13.0 Å². The molecule has 1 fully saturated rings. The highest BCUT2D eigenvalue weighted by molar-refractivity contribution is 9.10. The lowest BCUT2D eigenvalue weighted by atomic mass is 9.98. The number of hydrogen-bond acceptors (Lipinski definition) is 3. The van der Waals surface area contributed by atoms with E-state index in [9.17, 15) is 9.59 Å². The van der Waals surface area contributed by atoms with Crippen molar-refractivity contribution in [1.82, 2.24) is 4.90 Å². The smallest absolute Gasteiger partial charge is 0.307 e. The Balaban J connectivity index is 1.85. The normalized spacial score (nSPS) is 19.6. The van der Waals surface area contributed by atoms with E-state index < -0.39 is 5.97 Å². The van der Waals surface area contributed by atoms with Gasteiger partial charge in [0.05, 0.1) is 12.5 Å². The largest absolute Gasteiger partial charge is 0.481 e. The van der Waals surface area contributed by atoms with Crippen molar-refractivity contribution < 1.29 is 14.7 Å². The Morgan fingerprint density at radius 2 is 2.05 bits per heavy atom. The zero-order valence-electron chi connectivity index (χ0n) is 11.0. The molecule has 0 bridgehead atoms. The Labute approximate surface area is 126 Å². The summed E-state index contributed by atoms with van der Waals surface area (Å²) < 4.78 is 0.954. The molecule has 1 amide bonds. The molecule has 0 aliphatic carbocycles. The Bertz CT molecular complexity index is 490. The molecule has 1 aromatic carbocycles. The van der Waals surface area contributed by atoms with Crippen molar-refractivity contribution in [3.63, 3.8) is 0 Å². The molecule has 1 aromatic rings. The molecule has 1 unspecified atom stereocenters. The summed E-state index contributed by atoms with van der Waals surface area (Å²) in [6, 6.07) is 7.35. The number of anilines is 1. The summed E-state index contributed by atoms with van der Waals surface area (Å²) in [5, 5.41) is 11.8. The predicted octanol–water partition coefficient (Wildman–Crippen LogP) is 2.18. The SMILES string of the molecule is O=C(CN1CCCC(C(=O)O)C1)Nc1ccc(Br)cc1. The third-order valence-corrected chi connectivity index (χ3v) is 3.88. The van der Waals surface area contributed by atoms with Crippen LogP contribution in [0.1, 0.15) is 12.8 Å². The Morgan fingerprint density at radius 3 is 2.70 bits per heavy atom. The third kappa shape index (κ3) is 4.31. The van der Waals surface area contributed by atoms with Gasteiger partial charge in [-0.3, -0.25) is 14.5 Å². The van der Waals surface area contributed by atoms with Crippen LogP contribution in [-0.2, 0) is 9.59 Å². The summed E-state index contributed by atoms with van der Waals surface area (Å²) in [5.74, 6) is -1.24. The van der Waals surface area contributed by atoms with E-state index in [1.165, 1.54) is 0 Å². The van der Waals surface area contributed by atoms with Gasteiger partial charge in [-0.25, -0.2) is 0 Å². The first-order valence-electron chi connectivity index (χ1n) is 6.55. The van der Waals surface area contributed by atoms with Crippen molar-refractivity contribution in [2.75, 3.05) is 25.0 Å². The summed E-state index contributed by atoms with van der Waals surface area (Å²) in [4.78, 5) is 24.8. The van der Waals surface area contributed by atoms with Crippen molar-refractivity contribution in [2.24, 2.45) is 5.92 Å². The number of likely N-dealkylation sites (tertiary alicyclic amines) is 1. The van der Waals surface area contributed by atoms with Crippen LogP contribution in [0.4, 0.5) is 5.69 Å². The van der Waals surface area contributed by atoms with Crippen LogP contribution in [0.25, 0.3) is 0 Å². The molecule has 1 aliphatic heterocycles.